The van der Waals surface area contributed by atoms with Gasteiger partial charge in [0.2, 0.25) is 5.91 Å². The third-order valence-electron chi connectivity index (χ3n) is 5.11. The van der Waals surface area contributed by atoms with Crippen molar-refractivity contribution in [3.05, 3.63) is 40.8 Å². The van der Waals surface area contributed by atoms with E-state index in [1.165, 1.54) is 11.3 Å². The Morgan fingerprint density at radius 1 is 1.22 bits per heavy atom. The number of carbonyl (C=O) groups is 2. The zero-order chi connectivity index (χ0) is 18.6. The highest BCUT2D eigenvalue weighted by Gasteiger charge is 2.22. The molecule has 142 valence electrons. The molecule has 1 aromatic carbocycles. The van der Waals surface area contributed by atoms with Gasteiger partial charge in [-0.05, 0) is 37.5 Å². The Morgan fingerprint density at radius 2 is 2.11 bits per heavy atom. The van der Waals surface area contributed by atoms with Crippen LogP contribution in [-0.4, -0.2) is 36.3 Å². The van der Waals surface area contributed by atoms with Gasteiger partial charge < -0.3 is 15.0 Å². The van der Waals surface area contributed by atoms with Crippen molar-refractivity contribution in [2.24, 2.45) is 0 Å². The SMILES string of the molecule is O=C(NCCCN1CCCCCC1=O)c1cc2c(s1)-c1ccccc1OC2. The second-order valence-corrected chi connectivity index (χ2v) is 8.10. The summed E-state index contributed by atoms with van der Waals surface area (Å²) in [6.45, 7) is 2.66. The first-order chi connectivity index (χ1) is 13.2. The van der Waals surface area contributed by atoms with Crippen molar-refractivity contribution in [1.82, 2.24) is 10.2 Å². The summed E-state index contributed by atoms with van der Waals surface area (Å²) in [6.07, 6.45) is 4.67. The number of benzene rings is 1. The van der Waals surface area contributed by atoms with Gasteiger partial charge in [-0.2, -0.15) is 0 Å². The van der Waals surface area contributed by atoms with Gasteiger partial charge in [0, 0.05) is 42.1 Å². The number of hydrogen-bond donors (Lipinski definition) is 1. The summed E-state index contributed by atoms with van der Waals surface area (Å²) < 4.78 is 5.77. The van der Waals surface area contributed by atoms with Gasteiger partial charge >= 0.3 is 0 Å². The first kappa shape index (κ1) is 18.0. The number of fused-ring (bicyclic) bond motifs is 3. The topological polar surface area (TPSA) is 58.6 Å². The van der Waals surface area contributed by atoms with Crippen molar-refractivity contribution in [3.63, 3.8) is 0 Å². The van der Waals surface area contributed by atoms with Crippen LogP contribution in [0.5, 0.6) is 5.75 Å². The summed E-state index contributed by atoms with van der Waals surface area (Å²) in [7, 11) is 0. The molecule has 3 heterocycles. The average molecular weight is 385 g/mol. The summed E-state index contributed by atoms with van der Waals surface area (Å²) in [6, 6.07) is 9.87. The minimum Gasteiger partial charge on any atom is -0.488 e. The fourth-order valence-electron chi connectivity index (χ4n) is 3.65. The van der Waals surface area contributed by atoms with E-state index in [-0.39, 0.29) is 11.8 Å². The molecule has 6 heteroatoms. The van der Waals surface area contributed by atoms with E-state index in [1.54, 1.807) is 0 Å². The van der Waals surface area contributed by atoms with Crippen molar-refractivity contribution >= 4 is 23.2 Å². The summed E-state index contributed by atoms with van der Waals surface area (Å²) in [5.74, 6) is 1.08. The summed E-state index contributed by atoms with van der Waals surface area (Å²) in [4.78, 5) is 28.3. The second-order valence-electron chi connectivity index (χ2n) is 7.05. The highest BCUT2D eigenvalue weighted by molar-refractivity contribution is 7.17. The molecular formula is C21H24N2O3S. The van der Waals surface area contributed by atoms with E-state index in [2.05, 4.69) is 5.32 Å². The van der Waals surface area contributed by atoms with E-state index in [0.29, 0.717) is 24.4 Å². The predicted octanol–water partition coefficient (Wildman–Crippen LogP) is 3.83. The molecule has 1 fully saturated rings. The maximum absolute atomic E-state index is 12.5. The van der Waals surface area contributed by atoms with Crippen LogP contribution in [0.15, 0.2) is 30.3 Å². The van der Waals surface area contributed by atoms with Gasteiger partial charge in [-0.1, -0.05) is 18.6 Å². The first-order valence-corrected chi connectivity index (χ1v) is 10.4. The fraction of sp³-hybridized carbons (Fsp3) is 0.429. The predicted molar refractivity (Wildman–Crippen MR) is 106 cm³/mol. The fourth-order valence-corrected chi connectivity index (χ4v) is 4.76. The number of thiophene rings is 1. The van der Waals surface area contributed by atoms with Gasteiger partial charge in [-0.25, -0.2) is 0 Å². The number of hydrogen-bond acceptors (Lipinski definition) is 4. The molecule has 4 rings (SSSR count). The van der Waals surface area contributed by atoms with Crippen LogP contribution in [0.2, 0.25) is 0 Å². The number of likely N-dealkylation sites (tertiary alicyclic amines) is 1. The van der Waals surface area contributed by atoms with Crippen molar-refractivity contribution in [3.8, 4) is 16.2 Å². The Kier molecular flexibility index (Phi) is 5.43. The van der Waals surface area contributed by atoms with Crippen LogP contribution >= 0.6 is 11.3 Å². The highest BCUT2D eigenvalue weighted by Crippen LogP contribution is 2.42. The van der Waals surface area contributed by atoms with E-state index < -0.39 is 0 Å². The van der Waals surface area contributed by atoms with Crippen LogP contribution in [0.3, 0.4) is 0 Å². The van der Waals surface area contributed by atoms with E-state index in [0.717, 1.165) is 60.5 Å². The number of amides is 2. The zero-order valence-electron chi connectivity index (χ0n) is 15.3. The minimum absolute atomic E-state index is 0.0472. The smallest absolute Gasteiger partial charge is 0.261 e. The quantitative estimate of drug-likeness (QED) is 0.797. The Morgan fingerprint density at radius 3 is 3.04 bits per heavy atom. The molecule has 1 aromatic heterocycles. The van der Waals surface area contributed by atoms with Crippen molar-refractivity contribution in [2.75, 3.05) is 19.6 Å². The summed E-state index contributed by atoms with van der Waals surface area (Å²) >= 11 is 1.52. The molecule has 0 atom stereocenters. The molecule has 2 aliphatic rings. The molecule has 1 N–H and O–H groups in total. The summed E-state index contributed by atoms with van der Waals surface area (Å²) in [5, 5.41) is 2.99. The van der Waals surface area contributed by atoms with E-state index >= 15 is 0 Å². The van der Waals surface area contributed by atoms with Crippen molar-refractivity contribution in [1.29, 1.82) is 0 Å². The van der Waals surface area contributed by atoms with Crippen LogP contribution in [0.1, 0.15) is 47.3 Å². The lowest BCUT2D eigenvalue weighted by Crippen LogP contribution is -2.33. The van der Waals surface area contributed by atoms with Gasteiger partial charge in [0.25, 0.3) is 5.91 Å². The molecule has 0 radical (unpaired) electrons. The highest BCUT2D eigenvalue weighted by atomic mass is 32.1. The second kappa shape index (κ2) is 8.13. The molecule has 0 saturated carbocycles. The van der Waals surface area contributed by atoms with E-state index in [1.807, 2.05) is 35.2 Å². The van der Waals surface area contributed by atoms with Crippen LogP contribution in [0.4, 0.5) is 0 Å². The van der Waals surface area contributed by atoms with Crippen molar-refractivity contribution in [2.45, 2.75) is 38.7 Å². The van der Waals surface area contributed by atoms with Crippen LogP contribution in [0.25, 0.3) is 10.4 Å². The van der Waals surface area contributed by atoms with E-state index in [4.69, 9.17) is 4.74 Å². The number of para-hydroxylation sites is 1. The Balaban J connectivity index is 1.32. The standard InChI is InChI=1S/C21H24N2O3S/c24-19-9-2-1-5-11-23(19)12-6-10-22-21(25)18-13-15-14-26-17-8-4-3-7-16(17)20(15)27-18/h3-4,7-8,13H,1-2,5-6,9-12,14H2,(H,22,25). The molecule has 27 heavy (non-hydrogen) atoms. The van der Waals surface area contributed by atoms with E-state index in [9.17, 15) is 9.59 Å². The number of ether oxygens (including phenoxy) is 1. The lowest BCUT2D eigenvalue weighted by atomic mass is 10.1. The number of rotatable bonds is 5. The molecule has 2 amide bonds. The number of carbonyl (C=O) groups excluding carboxylic acids is 2. The maximum atomic E-state index is 12.5. The molecule has 0 bridgehead atoms. The van der Waals surface area contributed by atoms with Gasteiger partial charge in [0.15, 0.2) is 0 Å². The van der Waals surface area contributed by atoms with Crippen LogP contribution < -0.4 is 10.1 Å². The first-order valence-electron chi connectivity index (χ1n) is 9.63. The normalized spacial score (nSPS) is 16.1. The Labute approximate surface area is 163 Å². The number of nitrogens with zero attached hydrogens (tertiary/aromatic N) is 1. The lowest BCUT2D eigenvalue weighted by molar-refractivity contribution is -0.130. The Hall–Kier alpha value is -2.34. The molecule has 2 aromatic rings. The molecule has 0 unspecified atom stereocenters. The summed E-state index contributed by atoms with van der Waals surface area (Å²) in [5.41, 5.74) is 2.13. The molecule has 0 spiro atoms. The van der Waals surface area contributed by atoms with Gasteiger partial charge in [0.1, 0.15) is 12.4 Å². The maximum Gasteiger partial charge on any atom is 0.261 e. The molecule has 1 saturated heterocycles. The molecule has 5 nitrogen and oxygen atoms in total. The monoisotopic (exact) mass is 384 g/mol. The van der Waals surface area contributed by atoms with Gasteiger partial charge in [-0.3, -0.25) is 9.59 Å². The van der Waals surface area contributed by atoms with Crippen LogP contribution in [0, 0.1) is 0 Å². The third kappa shape index (κ3) is 4.00. The zero-order valence-corrected chi connectivity index (χ0v) is 16.1. The molecule has 2 aliphatic heterocycles. The largest absolute Gasteiger partial charge is 0.488 e. The third-order valence-corrected chi connectivity index (χ3v) is 6.32. The lowest BCUT2D eigenvalue weighted by Gasteiger charge is -2.20. The molecular weight excluding hydrogens is 360 g/mol. The van der Waals surface area contributed by atoms with Crippen LogP contribution in [-0.2, 0) is 11.4 Å². The number of nitrogens with one attached hydrogen (secondary N) is 1. The van der Waals surface area contributed by atoms with Gasteiger partial charge in [0.05, 0.1) is 4.88 Å². The van der Waals surface area contributed by atoms with Crippen molar-refractivity contribution < 1.29 is 14.3 Å². The Bertz CT molecular complexity index is 846. The minimum atomic E-state index is -0.0472. The van der Waals surface area contributed by atoms with Gasteiger partial charge in [-0.15, -0.1) is 11.3 Å². The molecule has 0 aliphatic carbocycles. The average Bonchev–Trinajstić information content (AvgIpc) is 3.03.